The first-order valence-corrected chi connectivity index (χ1v) is 8.59. The Kier molecular flexibility index (Phi) is 5.02. The molecule has 0 radical (unpaired) electrons. The number of hydrogen-bond acceptors (Lipinski definition) is 3. The maximum atomic E-state index is 12.4. The SMILES string of the molecule is CCCCC(NC(=O)c1ccc2c(c1)[nH]c(=O)c1ccccc12)C(=O)O. The highest BCUT2D eigenvalue weighted by atomic mass is 16.4. The first-order chi connectivity index (χ1) is 12.5. The van der Waals surface area contributed by atoms with Gasteiger partial charge in [-0.25, -0.2) is 4.79 Å². The molecule has 3 aromatic rings. The van der Waals surface area contributed by atoms with Gasteiger partial charge in [0.15, 0.2) is 0 Å². The van der Waals surface area contributed by atoms with E-state index in [0.717, 1.165) is 17.2 Å². The Balaban J connectivity index is 1.96. The molecule has 0 bridgehead atoms. The van der Waals surface area contributed by atoms with Gasteiger partial charge in [0.2, 0.25) is 0 Å². The Morgan fingerprint density at radius 2 is 1.85 bits per heavy atom. The number of fused-ring (bicyclic) bond motifs is 3. The maximum absolute atomic E-state index is 12.4. The minimum Gasteiger partial charge on any atom is -0.480 e. The summed E-state index contributed by atoms with van der Waals surface area (Å²) >= 11 is 0. The zero-order valence-electron chi connectivity index (χ0n) is 14.4. The van der Waals surface area contributed by atoms with Crippen LogP contribution in [0.1, 0.15) is 36.5 Å². The van der Waals surface area contributed by atoms with Crippen molar-refractivity contribution in [2.24, 2.45) is 0 Å². The monoisotopic (exact) mass is 352 g/mol. The van der Waals surface area contributed by atoms with Gasteiger partial charge in [-0.1, -0.05) is 44.0 Å². The summed E-state index contributed by atoms with van der Waals surface area (Å²) in [6.45, 7) is 1.96. The van der Waals surface area contributed by atoms with E-state index in [2.05, 4.69) is 10.3 Å². The van der Waals surface area contributed by atoms with E-state index in [1.165, 1.54) is 0 Å². The van der Waals surface area contributed by atoms with E-state index in [1.54, 1.807) is 30.3 Å². The zero-order chi connectivity index (χ0) is 18.7. The van der Waals surface area contributed by atoms with E-state index in [4.69, 9.17) is 0 Å². The predicted molar refractivity (Wildman–Crippen MR) is 100 cm³/mol. The highest BCUT2D eigenvalue weighted by molar-refractivity contribution is 6.07. The minimum atomic E-state index is -1.05. The number of aromatic nitrogens is 1. The first kappa shape index (κ1) is 17.7. The second-order valence-corrected chi connectivity index (χ2v) is 6.27. The van der Waals surface area contributed by atoms with Crippen molar-refractivity contribution in [1.82, 2.24) is 10.3 Å². The molecule has 1 aromatic heterocycles. The summed E-state index contributed by atoms with van der Waals surface area (Å²) in [6.07, 6.45) is 1.95. The van der Waals surface area contributed by atoms with Gasteiger partial charge in [-0.2, -0.15) is 0 Å². The topological polar surface area (TPSA) is 99.3 Å². The van der Waals surface area contributed by atoms with Crippen molar-refractivity contribution in [3.05, 3.63) is 58.4 Å². The second kappa shape index (κ2) is 7.39. The molecule has 0 spiro atoms. The number of carbonyl (C=O) groups excluding carboxylic acids is 1. The molecular formula is C20H20N2O4. The molecule has 3 rings (SSSR count). The molecule has 0 aliphatic rings. The number of pyridine rings is 1. The van der Waals surface area contributed by atoms with Crippen molar-refractivity contribution in [3.8, 4) is 0 Å². The molecular weight excluding hydrogens is 332 g/mol. The predicted octanol–water partition coefficient (Wildman–Crippen LogP) is 3.05. The van der Waals surface area contributed by atoms with E-state index in [-0.39, 0.29) is 5.56 Å². The fourth-order valence-corrected chi connectivity index (χ4v) is 3.04. The quantitative estimate of drug-likeness (QED) is 0.594. The zero-order valence-corrected chi connectivity index (χ0v) is 14.4. The summed E-state index contributed by atoms with van der Waals surface area (Å²) < 4.78 is 0. The molecule has 0 aliphatic carbocycles. The average Bonchev–Trinajstić information content (AvgIpc) is 2.64. The number of unbranched alkanes of at least 4 members (excludes halogenated alkanes) is 1. The van der Waals surface area contributed by atoms with Crippen LogP contribution in [0.25, 0.3) is 21.7 Å². The number of rotatable bonds is 6. The Morgan fingerprint density at radius 3 is 2.54 bits per heavy atom. The van der Waals surface area contributed by atoms with Crippen molar-refractivity contribution in [2.75, 3.05) is 0 Å². The molecule has 0 saturated carbocycles. The van der Waals surface area contributed by atoms with Crippen LogP contribution in [0.4, 0.5) is 0 Å². The molecule has 1 atom stereocenters. The highest BCUT2D eigenvalue weighted by Gasteiger charge is 2.20. The lowest BCUT2D eigenvalue weighted by Crippen LogP contribution is -2.40. The second-order valence-electron chi connectivity index (χ2n) is 6.27. The van der Waals surface area contributed by atoms with Gasteiger partial charge >= 0.3 is 5.97 Å². The van der Waals surface area contributed by atoms with Crippen molar-refractivity contribution in [1.29, 1.82) is 0 Å². The Hall–Kier alpha value is -3.15. The molecule has 134 valence electrons. The van der Waals surface area contributed by atoms with Crippen LogP contribution < -0.4 is 10.9 Å². The van der Waals surface area contributed by atoms with E-state index in [1.807, 2.05) is 19.1 Å². The van der Waals surface area contributed by atoms with Crippen LogP contribution in [0.3, 0.4) is 0 Å². The Morgan fingerprint density at radius 1 is 1.12 bits per heavy atom. The molecule has 6 nitrogen and oxygen atoms in total. The molecule has 0 saturated heterocycles. The number of H-pyrrole nitrogens is 1. The normalized spacial score (nSPS) is 12.2. The summed E-state index contributed by atoms with van der Waals surface area (Å²) in [4.78, 5) is 38.8. The number of aliphatic carboxylic acids is 1. The fourth-order valence-electron chi connectivity index (χ4n) is 3.04. The Bertz CT molecular complexity index is 1040. The number of benzene rings is 2. The number of aromatic amines is 1. The number of hydrogen-bond donors (Lipinski definition) is 3. The summed E-state index contributed by atoms with van der Waals surface area (Å²) in [5, 5.41) is 14.0. The molecule has 1 heterocycles. The minimum absolute atomic E-state index is 0.225. The third-order valence-electron chi connectivity index (χ3n) is 4.44. The standard InChI is InChI=1S/C20H20N2O4/c1-2-3-8-16(20(25)26)21-18(23)12-9-10-14-13-6-4-5-7-15(13)19(24)22-17(14)11-12/h4-7,9-11,16H,2-3,8H2,1H3,(H,21,23)(H,22,24)(H,25,26). The average molecular weight is 352 g/mol. The van der Waals surface area contributed by atoms with Crippen molar-refractivity contribution < 1.29 is 14.7 Å². The van der Waals surface area contributed by atoms with Crippen LogP contribution in [0, 0.1) is 0 Å². The van der Waals surface area contributed by atoms with Gasteiger partial charge in [-0.05, 0) is 30.0 Å². The van der Waals surface area contributed by atoms with Crippen LogP contribution in [-0.4, -0.2) is 28.0 Å². The van der Waals surface area contributed by atoms with Crippen LogP contribution in [0.15, 0.2) is 47.3 Å². The van der Waals surface area contributed by atoms with E-state index in [0.29, 0.717) is 29.3 Å². The third kappa shape index (κ3) is 3.44. The van der Waals surface area contributed by atoms with Gasteiger partial charge in [0.1, 0.15) is 6.04 Å². The summed E-state index contributed by atoms with van der Waals surface area (Å²) in [7, 11) is 0. The number of carboxylic acid groups (broad SMARTS) is 1. The maximum Gasteiger partial charge on any atom is 0.326 e. The highest BCUT2D eigenvalue weighted by Crippen LogP contribution is 2.22. The molecule has 3 N–H and O–H groups in total. The van der Waals surface area contributed by atoms with Crippen molar-refractivity contribution >= 4 is 33.6 Å². The van der Waals surface area contributed by atoms with Crippen LogP contribution >= 0.6 is 0 Å². The lowest BCUT2D eigenvalue weighted by molar-refractivity contribution is -0.139. The van der Waals surface area contributed by atoms with Gasteiger partial charge in [-0.15, -0.1) is 0 Å². The van der Waals surface area contributed by atoms with Gasteiger partial charge in [0.05, 0.1) is 0 Å². The van der Waals surface area contributed by atoms with Crippen molar-refractivity contribution in [3.63, 3.8) is 0 Å². The number of amides is 1. The van der Waals surface area contributed by atoms with Gasteiger partial charge in [-0.3, -0.25) is 9.59 Å². The van der Waals surface area contributed by atoms with E-state index >= 15 is 0 Å². The molecule has 1 unspecified atom stereocenters. The van der Waals surface area contributed by atoms with Crippen molar-refractivity contribution in [2.45, 2.75) is 32.2 Å². The van der Waals surface area contributed by atoms with Crippen LogP contribution in [0.2, 0.25) is 0 Å². The van der Waals surface area contributed by atoms with Gasteiger partial charge < -0.3 is 15.4 Å². The smallest absolute Gasteiger partial charge is 0.326 e. The molecule has 2 aromatic carbocycles. The lowest BCUT2D eigenvalue weighted by atomic mass is 10.0. The summed E-state index contributed by atoms with van der Waals surface area (Å²) in [5.41, 5.74) is 0.630. The number of nitrogens with one attached hydrogen (secondary N) is 2. The largest absolute Gasteiger partial charge is 0.480 e. The van der Waals surface area contributed by atoms with Crippen LogP contribution in [0.5, 0.6) is 0 Å². The lowest BCUT2D eigenvalue weighted by Gasteiger charge is -2.14. The summed E-state index contributed by atoms with van der Waals surface area (Å²) in [6, 6.07) is 11.3. The van der Waals surface area contributed by atoms with E-state index in [9.17, 15) is 19.5 Å². The van der Waals surface area contributed by atoms with Crippen LogP contribution in [-0.2, 0) is 4.79 Å². The molecule has 6 heteroatoms. The first-order valence-electron chi connectivity index (χ1n) is 8.59. The van der Waals surface area contributed by atoms with Gasteiger partial charge in [0, 0.05) is 21.9 Å². The molecule has 0 fully saturated rings. The number of carbonyl (C=O) groups is 2. The fraction of sp³-hybridized carbons (Fsp3) is 0.250. The van der Waals surface area contributed by atoms with Gasteiger partial charge in [0.25, 0.3) is 11.5 Å². The molecule has 26 heavy (non-hydrogen) atoms. The van der Waals surface area contributed by atoms with E-state index < -0.39 is 17.9 Å². The summed E-state index contributed by atoms with van der Waals surface area (Å²) in [5.74, 6) is -1.52. The molecule has 0 aliphatic heterocycles. The molecule has 1 amide bonds. The number of carboxylic acids is 1. The Labute approximate surface area is 149 Å². The third-order valence-corrected chi connectivity index (χ3v) is 4.44.